The molecule has 0 spiro atoms. The molecule has 3 aromatic carbocycles. The van der Waals surface area contributed by atoms with Crippen molar-refractivity contribution >= 4 is 35.9 Å². The predicted octanol–water partition coefficient (Wildman–Crippen LogP) is 7.10. The minimum atomic E-state index is -3.30. The van der Waals surface area contributed by atoms with E-state index >= 15 is 0 Å². The number of amides is 1. The third-order valence-corrected chi connectivity index (χ3v) is 14.4. The van der Waals surface area contributed by atoms with Crippen molar-refractivity contribution in [1.29, 1.82) is 0 Å². The van der Waals surface area contributed by atoms with E-state index in [1.165, 1.54) is 6.20 Å². The highest BCUT2D eigenvalue weighted by atomic mass is 28.4. The summed E-state index contributed by atoms with van der Waals surface area (Å²) in [6, 6.07) is 30.3. The number of imidazole rings is 1. The molecule has 0 fully saturated rings. The van der Waals surface area contributed by atoms with Crippen molar-refractivity contribution in [1.82, 2.24) is 29.3 Å². The molecule has 1 N–H and O–H groups in total. The smallest absolute Gasteiger partial charge is 0.274 e. The Hall–Kier alpha value is -5.79. The highest BCUT2D eigenvalue weighted by molar-refractivity contribution is 6.99. The number of benzene rings is 3. The molecule has 0 bridgehead atoms. The zero-order valence-electron chi connectivity index (χ0n) is 30.0. The van der Waals surface area contributed by atoms with Crippen molar-refractivity contribution in [2.45, 2.75) is 51.7 Å². The fourth-order valence-electron chi connectivity index (χ4n) is 6.68. The third kappa shape index (κ3) is 7.05. The second-order valence-corrected chi connectivity index (χ2v) is 18.3. The van der Waals surface area contributed by atoms with Gasteiger partial charge >= 0.3 is 0 Å². The molecule has 0 aliphatic heterocycles. The number of pyridine rings is 1. The fourth-order valence-corrected chi connectivity index (χ4v) is 11.3. The zero-order chi connectivity index (χ0) is 37.3. The topological polar surface area (TPSA) is 112 Å². The van der Waals surface area contributed by atoms with Gasteiger partial charge in [0.05, 0.1) is 18.3 Å². The number of rotatable bonds is 11. The van der Waals surface area contributed by atoms with E-state index < -0.39 is 25.9 Å². The van der Waals surface area contributed by atoms with Gasteiger partial charge in [-0.2, -0.15) is 10.1 Å². The number of hydrogen-bond acceptors (Lipinski definition) is 7. The van der Waals surface area contributed by atoms with E-state index in [1.807, 2.05) is 132 Å². The van der Waals surface area contributed by atoms with Gasteiger partial charge in [0.1, 0.15) is 17.4 Å². The largest absolute Gasteiger partial charge is 0.398 e. The molecule has 4 aromatic heterocycles. The molecule has 0 radical (unpaired) electrons. The number of hydrogen-bond donors (Lipinski definition) is 1. The lowest BCUT2D eigenvalue weighted by atomic mass is 10.1. The molecule has 7 rings (SSSR count). The number of aromatic nitrogens is 6. The highest BCUT2D eigenvalue weighted by Gasteiger charge is 2.52. The zero-order valence-corrected chi connectivity index (χ0v) is 31.0. The average molecular weight is 732 g/mol. The fraction of sp³-hybridized carbons (Fsp3) is 0.225. The van der Waals surface area contributed by atoms with Crippen molar-refractivity contribution in [2.24, 2.45) is 7.05 Å². The van der Waals surface area contributed by atoms with Crippen molar-refractivity contribution < 1.29 is 22.5 Å². The molecule has 53 heavy (non-hydrogen) atoms. The number of fused-ring (bicyclic) bond motifs is 1. The normalized spacial score (nSPS) is 12.8. The van der Waals surface area contributed by atoms with Crippen LogP contribution < -0.4 is 15.7 Å². The van der Waals surface area contributed by atoms with Gasteiger partial charge in [-0.1, -0.05) is 98.7 Å². The van der Waals surface area contributed by atoms with Crippen LogP contribution in [0.15, 0.2) is 120 Å². The van der Waals surface area contributed by atoms with Crippen LogP contribution in [0.25, 0.3) is 28.3 Å². The molecular weight excluding hydrogens is 693 g/mol. The average Bonchev–Trinajstić information content (AvgIpc) is 3.91. The van der Waals surface area contributed by atoms with E-state index in [2.05, 4.69) is 25.5 Å². The van der Waals surface area contributed by atoms with Gasteiger partial charge in [-0.25, -0.2) is 13.8 Å². The maximum atomic E-state index is 15.0. The Morgan fingerprint density at radius 2 is 1.62 bits per heavy atom. The summed E-state index contributed by atoms with van der Waals surface area (Å²) in [5.41, 5.74) is 4.41. The van der Waals surface area contributed by atoms with Gasteiger partial charge in [0, 0.05) is 36.3 Å². The number of anilines is 1. The number of halogens is 2. The van der Waals surface area contributed by atoms with E-state index in [0.717, 1.165) is 27.2 Å². The van der Waals surface area contributed by atoms with Gasteiger partial charge in [0.2, 0.25) is 11.7 Å². The molecule has 0 saturated carbocycles. The number of alkyl halides is 2. The van der Waals surface area contributed by atoms with Crippen molar-refractivity contribution in [2.75, 3.05) is 5.32 Å². The first-order valence-electron chi connectivity index (χ1n) is 17.2. The van der Waals surface area contributed by atoms with E-state index in [0.29, 0.717) is 22.6 Å². The SMILES string of the molecule is Cc1ccc(-c2noc(CC(O[Si](c3ccccc3)(c3ccccc3)C(C)(C)C)C(F)F)n2)cc1NC(=O)c1cnc2ccc(-c3ccn(C)n3)cn12. The van der Waals surface area contributed by atoms with Gasteiger partial charge < -0.3 is 14.3 Å². The lowest BCUT2D eigenvalue weighted by Gasteiger charge is -2.44. The number of aryl methyl sites for hydroxylation is 2. The molecule has 1 amide bonds. The van der Waals surface area contributed by atoms with Gasteiger partial charge in [0.25, 0.3) is 20.7 Å². The standard InChI is InChI=1S/C40H39F2N7O3Si/c1-26-16-17-27(22-32(26)44-39(50)33-24-43-35-19-18-28(25-49(33)35)31-20-21-48(5)46-31)38-45-36(51-47-38)23-34(37(41)42)52-53(40(2,3)4,29-12-8-6-9-13-29)30-14-10-7-11-15-30/h6-22,24-25,34,37H,23H2,1-5H3,(H,44,50). The Morgan fingerprint density at radius 3 is 2.25 bits per heavy atom. The van der Waals surface area contributed by atoms with E-state index in [9.17, 15) is 13.6 Å². The Labute approximate surface area is 306 Å². The van der Waals surface area contributed by atoms with Crippen molar-refractivity contribution in [3.63, 3.8) is 0 Å². The van der Waals surface area contributed by atoms with Crippen LogP contribution in [0.4, 0.5) is 14.5 Å². The molecule has 0 saturated heterocycles. The highest BCUT2D eigenvalue weighted by Crippen LogP contribution is 2.38. The van der Waals surface area contributed by atoms with Crippen LogP contribution in [0.3, 0.4) is 0 Å². The summed E-state index contributed by atoms with van der Waals surface area (Å²) < 4.78 is 45.7. The molecule has 1 unspecified atom stereocenters. The van der Waals surface area contributed by atoms with Crippen LogP contribution in [-0.4, -0.2) is 56.1 Å². The molecule has 7 aromatic rings. The van der Waals surface area contributed by atoms with Gasteiger partial charge in [-0.3, -0.25) is 13.9 Å². The summed E-state index contributed by atoms with van der Waals surface area (Å²) >= 11 is 0. The van der Waals surface area contributed by atoms with Crippen molar-refractivity contribution in [3.8, 4) is 22.6 Å². The van der Waals surface area contributed by atoms with E-state index in [4.69, 9.17) is 8.95 Å². The van der Waals surface area contributed by atoms with Crippen LogP contribution in [0, 0.1) is 6.92 Å². The Bertz CT molecular complexity index is 2330. The van der Waals surface area contributed by atoms with Crippen LogP contribution in [0.5, 0.6) is 0 Å². The Morgan fingerprint density at radius 1 is 0.943 bits per heavy atom. The third-order valence-electron chi connectivity index (χ3n) is 9.36. The molecule has 13 heteroatoms. The van der Waals surface area contributed by atoms with Crippen LogP contribution in [0.2, 0.25) is 5.04 Å². The number of nitrogens with zero attached hydrogens (tertiary/aromatic N) is 6. The molecule has 1 atom stereocenters. The number of carbonyl (C=O) groups excluding carboxylic acids is 1. The van der Waals surface area contributed by atoms with E-state index in [-0.39, 0.29) is 24.0 Å². The molecule has 4 heterocycles. The summed E-state index contributed by atoms with van der Waals surface area (Å²) in [5, 5.41) is 12.9. The lowest BCUT2D eigenvalue weighted by Crippen LogP contribution is -2.68. The first-order chi connectivity index (χ1) is 25.4. The summed E-state index contributed by atoms with van der Waals surface area (Å²) in [4.78, 5) is 22.5. The first-order valence-corrected chi connectivity index (χ1v) is 19.1. The van der Waals surface area contributed by atoms with Gasteiger partial charge in [-0.05, 0) is 52.2 Å². The lowest BCUT2D eigenvalue weighted by molar-refractivity contribution is 0.00243. The van der Waals surface area contributed by atoms with E-state index in [1.54, 1.807) is 21.2 Å². The number of nitrogens with one attached hydrogen (secondary N) is 1. The summed E-state index contributed by atoms with van der Waals surface area (Å²) in [6.07, 6.45) is 0.559. The summed E-state index contributed by atoms with van der Waals surface area (Å²) in [6.45, 7) is 7.98. The second-order valence-electron chi connectivity index (χ2n) is 14.0. The van der Waals surface area contributed by atoms with Crippen LogP contribution in [0.1, 0.15) is 42.7 Å². The van der Waals surface area contributed by atoms with Crippen LogP contribution >= 0.6 is 0 Å². The minimum absolute atomic E-state index is 0.0174. The van der Waals surface area contributed by atoms with Crippen LogP contribution in [-0.2, 0) is 17.9 Å². The Balaban J connectivity index is 1.14. The maximum absolute atomic E-state index is 15.0. The second kappa shape index (κ2) is 14.3. The molecule has 0 aliphatic rings. The molecule has 10 nitrogen and oxygen atoms in total. The first kappa shape index (κ1) is 35.6. The summed E-state index contributed by atoms with van der Waals surface area (Å²) in [7, 11) is -1.45. The Kier molecular flexibility index (Phi) is 9.62. The molecule has 270 valence electrons. The van der Waals surface area contributed by atoms with Gasteiger partial charge in [-0.15, -0.1) is 0 Å². The monoisotopic (exact) mass is 731 g/mol. The molecule has 0 aliphatic carbocycles. The number of carbonyl (C=O) groups is 1. The maximum Gasteiger partial charge on any atom is 0.274 e. The predicted molar refractivity (Wildman–Crippen MR) is 202 cm³/mol. The molecular formula is C40H39F2N7O3Si. The van der Waals surface area contributed by atoms with Crippen molar-refractivity contribution in [3.05, 3.63) is 133 Å². The van der Waals surface area contributed by atoms with Gasteiger partial charge in [0.15, 0.2) is 0 Å². The minimum Gasteiger partial charge on any atom is -0.398 e. The quantitative estimate of drug-likeness (QED) is 0.141. The summed E-state index contributed by atoms with van der Waals surface area (Å²) in [5.74, 6) is -0.155.